The van der Waals surface area contributed by atoms with Crippen LogP contribution in [-0.2, 0) is 14.8 Å². The summed E-state index contributed by atoms with van der Waals surface area (Å²) in [5.41, 5.74) is 1.85. The molecule has 34 heavy (non-hydrogen) atoms. The molecule has 9 heteroatoms. The molecule has 0 saturated heterocycles. The monoisotopic (exact) mass is 543 g/mol. The average molecular weight is 544 g/mol. The summed E-state index contributed by atoms with van der Waals surface area (Å²) in [4.78, 5) is 25.6. The standard InChI is InChI=1S/C25H26BrN3O4S/c1-17(2)27-25(31)22-6-4-5-7-23(22)28-24(30)16-29(20-12-10-19(26)11-13-20)34(32,33)21-14-8-18(3)9-15-21/h4-15,17H,16H2,1-3H3,(H,27,31)(H,28,30). The number of halogens is 1. The number of sulfonamides is 1. The van der Waals surface area contributed by atoms with E-state index < -0.39 is 22.5 Å². The molecule has 0 aliphatic rings. The van der Waals surface area contributed by atoms with E-state index in [1.54, 1.807) is 60.7 Å². The van der Waals surface area contributed by atoms with E-state index in [9.17, 15) is 18.0 Å². The highest BCUT2D eigenvalue weighted by molar-refractivity contribution is 9.10. The van der Waals surface area contributed by atoms with Crippen LogP contribution in [0.2, 0.25) is 0 Å². The predicted octanol–water partition coefficient (Wildman–Crippen LogP) is 4.73. The van der Waals surface area contributed by atoms with Crippen molar-refractivity contribution in [1.29, 1.82) is 0 Å². The van der Waals surface area contributed by atoms with Crippen LogP contribution in [0.3, 0.4) is 0 Å². The summed E-state index contributed by atoms with van der Waals surface area (Å²) in [5, 5.41) is 5.49. The van der Waals surface area contributed by atoms with Gasteiger partial charge in [0, 0.05) is 10.5 Å². The number of nitrogens with one attached hydrogen (secondary N) is 2. The molecule has 2 N–H and O–H groups in total. The Morgan fingerprint density at radius 2 is 1.56 bits per heavy atom. The zero-order valence-electron chi connectivity index (χ0n) is 19.1. The highest BCUT2D eigenvalue weighted by Gasteiger charge is 2.27. The number of rotatable bonds is 8. The van der Waals surface area contributed by atoms with Crippen LogP contribution in [0.1, 0.15) is 29.8 Å². The Morgan fingerprint density at radius 3 is 2.18 bits per heavy atom. The summed E-state index contributed by atoms with van der Waals surface area (Å²) in [6.45, 7) is 5.07. The Balaban J connectivity index is 1.92. The number of para-hydroxylation sites is 1. The second-order valence-electron chi connectivity index (χ2n) is 8.02. The first-order chi connectivity index (χ1) is 16.1. The second kappa shape index (κ2) is 10.8. The van der Waals surface area contributed by atoms with E-state index in [0.717, 1.165) is 14.3 Å². The fourth-order valence-electron chi connectivity index (χ4n) is 3.21. The van der Waals surface area contributed by atoms with Gasteiger partial charge in [-0.15, -0.1) is 0 Å². The van der Waals surface area contributed by atoms with Crippen LogP contribution >= 0.6 is 15.9 Å². The van der Waals surface area contributed by atoms with Crippen LogP contribution in [0.4, 0.5) is 11.4 Å². The van der Waals surface area contributed by atoms with Gasteiger partial charge in [-0.25, -0.2) is 8.42 Å². The van der Waals surface area contributed by atoms with Crippen LogP contribution in [0, 0.1) is 6.92 Å². The van der Waals surface area contributed by atoms with Gasteiger partial charge >= 0.3 is 0 Å². The molecule has 2 amide bonds. The molecule has 0 aliphatic heterocycles. The summed E-state index contributed by atoms with van der Waals surface area (Å²) < 4.78 is 28.8. The van der Waals surface area contributed by atoms with E-state index in [1.807, 2.05) is 20.8 Å². The minimum atomic E-state index is -4.04. The molecule has 0 spiro atoms. The van der Waals surface area contributed by atoms with Crippen LogP contribution in [0.25, 0.3) is 0 Å². The van der Waals surface area contributed by atoms with Crippen molar-refractivity contribution in [2.75, 3.05) is 16.2 Å². The fraction of sp³-hybridized carbons (Fsp3) is 0.200. The molecule has 3 rings (SSSR count). The summed E-state index contributed by atoms with van der Waals surface area (Å²) >= 11 is 3.35. The lowest BCUT2D eigenvalue weighted by atomic mass is 10.1. The normalized spacial score (nSPS) is 11.2. The lowest BCUT2D eigenvalue weighted by Crippen LogP contribution is -2.38. The van der Waals surface area contributed by atoms with Gasteiger partial charge in [-0.2, -0.15) is 0 Å². The molecular weight excluding hydrogens is 518 g/mol. The molecular formula is C25H26BrN3O4S. The molecule has 0 aliphatic carbocycles. The Kier molecular flexibility index (Phi) is 8.11. The van der Waals surface area contributed by atoms with Gasteiger partial charge in [0.1, 0.15) is 6.54 Å². The molecule has 0 unspecified atom stereocenters. The van der Waals surface area contributed by atoms with Gasteiger partial charge in [0.05, 0.1) is 21.8 Å². The zero-order chi connectivity index (χ0) is 24.9. The smallest absolute Gasteiger partial charge is 0.264 e. The molecule has 0 atom stereocenters. The highest BCUT2D eigenvalue weighted by atomic mass is 79.9. The van der Waals surface area contributed by atoms with Gasteiger partial charge in [-0.1, -0.05) is 45.8 Å². The Morgan fingerprint density at radius 1 is 0.941 bits per heavy atom. The van der Waals surface area contributed by atoms with Crippen molar-refractivity contribution >= 4 is 49.1 Å². The summed E-state index contributed by atoms with van der Waals surface area (Å²) in [6, 6.07) is 19.6. The van der Waals surface area contributed by atoms with Crippen molar-refractivity contribution in [3.8, 4) is 0 Å². The fourth-order valence-corrected chi connectivity index (χ4v) is 4.90. The average Bonchev–Trinajstić information content (AvgIpc) is 2.78. The van der Waals surface area contributed by atoms with Crippen molar-refractivity contribution in [3.63, 3.8) is 0 Å². The first-order valence-electron chi connectivity index (χ1n) is 10.6. The first-order valence-corrected chi connectivity index (χ1v) is 12.9. The molecule has 0 heterocycles. The molecule has 0 fully saturated rings. The lowest BCUT2D eigenvalue weighted by Gasteiger charge is -2.24. The summed E-state index contributed by atoms with van der Waals surface area (Å²) in [5.74, 6) is -0.911. The number of hydrogen-bond acceptors (Lipinski definition) is 4. The largest absolute Gasteiger partial charge is 0.350 e. The van der Waals surface area contributed by atoms with E-state index in [-0.39, 0.29) is 16.8 Å². The molecule has 7 nitrogen and oxygen atoms in total. The highest BCUT2D eigenvalue weighted by Crippen LogP contribution is 2.26. The van der Waals surface area contributed by atoms with Gasteiger partial charge in [-0.05, 0) is 69.3 Å². The van der Waals surface area contributed by atoms with E-state index in [0.29, 0.717) is 16.9 Å². The van der Waals surface area contributed by atoms with Crippen LogP contribution in [0.15, 0.2) is 82.2 Å². The molecule has 0 radical (unpaired) electrons. The van der Waals surface area contributed by atoms with Crippen molar-refractivity contribution in [2.45, 2.75) is 31.7 Å². The molecule has 0 aromatic heterocycles. The van der Waals surface area contributed by atoms with Crippen LogP contribution in [-0.4, -0.2) is 32.8 Å². The lowest BCUT2D eigenvalue weighted by molar-refractivity contribution is -0.114. The van der Waals surface area contributed by atoms with Crippen LogP contribution in [0.5, 0.6) is 0 Å². The third kappa shape index (κ3) is 6.24. The van der Waals surface area contributed by atoms with Gasteiger partial charge in [-0.3, -0.25) is 13.9 Å². The topological polar surface area (TPSA) is 95.6 Å². The Bertz CT molecular complexity index is 1270. The minimum absolute atomic E-state index is 0.0746. The Labute approximate surface area is 208 Å². The predicted molar refractivity (Wildman–Crippen MR) is 138 cm³/mol. The number of carbonyl (C=O) groups is 2. The molecule has 3 aromatic carbocycles. The van der Waals surface area contributed by atoms with Crippen molar-refractivity contribution in [1.82, 2.24) is 5.32 Å². The number of hydrogen-bond donors (Lipinski definition) is 2. The van der Waals surface area contributed by atoms with Gasteiger partial charge in [0.15, 0.2) is 0 Å². The van der Waals surface area contributed by atoms with Crippen molar-refractivity contribution < 1.29 is 18.0 Å². The zero-order valence-corrected chi connectivity index (χ0v) is 21.5. The number of benzene rings is 3. The summed E-state index contributed by atoms with van der Waals surface area (Å²) in [6.07, 6.45) is 0. The Hall–Kier alpha value is -3.17. The molecule has 0 saturated carbocycles. The molecule has 3 aromatic rings. The minimum Gasteiger partial charge on any atom is -0.350 e. The number of aryl methyl sites for hydroxylation is 1. The molecule has 178 valence electrons. The SMILES string of the molecule is Cc1ccc(S(=O)(=O)N(CC(=O)Nc2ccccc2C(=O)NC(C)C)c2ccc(Br)cc2)cc1. The van der Waals surface area contributed by atoms with Gasteiger partial charge in [0.25, 0.3) is 15.9 Å². The quantitative estimate of drug-likeness (QED) is 0.429. The number of nitrogens with zero attached hydrogens (tertiary/aromatic N) is 1. The number of carbonyl (C=O) groups excluding carboxylic acids is 2. The maximum Gasteiger partial charge on any atom is 0.264 e. The third-order valence-electron chi connectivity index (χ3n) is 4.88. The number of amides is 2. The maximum atomic E-state index is 13.5. The van der Waals surface area contributed by atoms with E-state index in [4.69, 9.17) is 0 Å². The summed E-state index contributed by atoms with van der Waals surface area (Å²) in [7, 11) is -4.04. The van der Waals surface area contributed by atoms with Gasteiger partial charge in [0.2, 0.25) is 5.91 Å². The van der Waals surface area contributed by atoms with Gasteiger partial charge < -0.3 is 10.6 Å². The van der Waals surface area contributed by atoms with E-state index in [1.165, 1.54) is 12.1 Å². The van der Waals surface area contributed by atoms with E-state index >= 15 is 0 Å². The second-order valence-corrected chi connectivity index (χ2v) is 10.8. The van der Waals surface area contributed by atoms with E-state index in [2.05, 4.69) is 26.6 Å². The number of anilines is 2. The molecule has 0 bridgehead atoms. The van der Waals surface area contributed by atoms with Crippen LogP contribution < -0.4 is 14.9 Å². The van der Waals surface area contributed by atoms with Crippen molar-refractivity contribution in [2.24, 2.45) is 0 Å². The third-order valence-corrected chi connectivity index (χ3v) is 7.19. The van der Waals surface area contributed by atoms with Crippen molar-refractivity contribution in [3.05, 3.63) is 88.4 Å². The first kappa shape index (κ1) is 25.5. The maximum absolute atomic E-state index is 13.5.